The maximum absolute atomic E-state index is 13.3. The number of Topliss-reactive ketones (excluding diaryl/α,β-unsaturated/α-hetero) is 1. The van der Waals surface area contributed by atoms with Crippen LogP contribution in [0.4, 0.5) is 5.69 Å². The molecule has 1 aliphatic carbocycles. The van der Waals surface area contributed by atoms with Gasteiger partial charge in [0.1, 0.15) is 5.15 Å². The van der Waals surface area contributed by atoms with E-state index in [1.807, 2.05) is 26.0 Å². The fraction of sp³-hybridized carbons (Fsp3) is 0.480. The lowest BCUT2D eigenvalue weighted by atomic mass is 10.1. The molecule has 0 amide bonds. The highest BCUT2D eigenvalue weighted by atomic mass is 35.5. The van der Waals surface area contributed by atoms with E-state index in [0.717, 1.165) is 40.9 Å². The lowest BCUT2D eigenvalue weighted by Crippen LogP contribution is -2.25. The molecule has 1 aromatic carbocycles. The number of pyridine rings is 1. The van der Waals surface area contributed by atoms with E-state index in [1.165, 1.54) is 0 Å². The molecule has 0 bridgehead atoms. The van der Waals surface area contributed by atoms with E-state index in [-0.39, 0.29) is 29.3 Å². The van der Waals surface area contributed by atoms with Crippen LogP contribution >= 0.6 is 11.6 Å². The molecule has 2 heterocycles. The zero-order chi connectivity index (χ0) is 23.9. The number of rotatable bonds is 7. The average molecular weight is 488 g/mol. The van der Waals surface area contributed by atoms with Crippen LogP contribution in [-0.4, -0.2) is 30.8 Å². The number of benzene rings is 1. The summed E-state index contributed by atoms with van der Waals surface area (Å²) in [5.41, 5.74) is 4.44. The minimum atomic E-state index is -3.27. The van der Waals surface area contributed by atoms with Gasteiger partial charge in [0.15, 0.2) is 15.7 Å². The number of sulfone groups is 1. The Morgan fingerprint density at radius 3 is 2.39 bits per heavy atom. The first-order valence-corrected chi connectivity index (χ1v) is 13.7. The van der Waals surface area contributed by atoms with Crippen molar-refractivity contribution < 1.29 is 13.2 Å². The van der Waals surface area contributed by atoms with Gasteiger partial charge in [0.05, 0.1) is 28.6 Å². The Balaban J connectivity index is 1.69. The molecule has 1 aromatic heterocycles. The highest BCUT2D eigenvalue weighted by Gasteiger charge is 2.58. The molecule has 2 aliphatic rings. The molecule has 1 N–H and O–H groups in total. The van der Waals surface area contributed by atoms with Gasteiger partial charge in [-0.05, 0) is 53.6 Å². The number of hydrogen-bond donors (Lipinski definition) is 1. The van der Waals surface area contributed by atoms with Crippen LogP contribution in [0.15, 0.2) is 34.2 Å². The third-order valence-corrected chi connectivity index (χ3v) is 8.97. The Morgan fingerprint density at radius 2 is 1.76 bits per heavy atom. The van der Waals surface area contributed by atoms with Crippen LogP contribution in [0.3, 0.4) is 0 Å². The first kappa shape index (κ1) is 23.9. The minimum absolute atomic E-state index is 0.0160. The Morgan fingerprint density at radius 1 is 1.03 bits per heavy atom. The number of nitrogens with one attached hydrogen (secondary N) is 1. The fourth-order valence-electron chi connectivity index (χ4n) is 4.83. The Hall–Kier alpha value is -2.25. The number of halogens is 1. The summed E-state index contributed by atoms with van der Waals surface area (Å²) >= 11 is 6.40. The SMILES string of the molecule is CCc1cc(S(=O)(=O)CC)ccc1CN=C1Nc2cc(CC)c(Cl)nc2C2C(CC)C2C1=O. The largest absolute Gasteiger partial charge is 0.336 e. The molecule has 8 heteroatoms. The first-order valence-electron chi connectivity index (χ1n) is 11.6. The normalized spacial score (nSPS) is 23.0. The number of aliphatic imine (C=N–C) groups is 1. The average Bonchev–Trinajstić information content (AvgIpc) is 3.56. The Kier molecular flexibility index (Phi) is 6.65. The summed E-state index contributed by atoms with van der Waals surface area (Å²) < 4.78 is 24.5. The van der Waals surface area contributed by atoms with E-state index >= 15 is 0 Å². The van der Waals surface area contributed by atoms with Gasteiger partial charge in [0, 0.05) is 11.8 Å². The highest BCUT2D eigenvalue weighted by molar-refractivity contribution is 7.91. The molecule has 3 atom stereocenters. The van der Waals surface area contributed by atoms with Crippen molar-refractivity contribution in [2.45, 2.75) is 64.3 Å². The molecule has 4 rings (SSSR count). The summed E-state index contributed by atoms with van der Waals surface area (Å²) in [5, 5.41) is 3.75. The lowest BCUT2D eigenvalue weighted by molar-refractivity contribution is -0.114. The van der Waals surface area contributed by atoms with Gasteiger partial charge in [-0.2, -0.15) is 0 Å². The molecule has 1 saturated carbocycles. The van der Waals surface area contributed by atoms with Crippen LogP contribution in [0.5, 0.6) is 0 Å². The molecular formula is C25H30ClN3O3S. The van der Waals surface area contributed by atoms with Crippen molar-refractivity contribution in [2.75, 3.05) is 11.1 Å². The third kappa shape index (κ3) is 4.33. The molecule has 0 spiro atoms. The van der Waals surface area contributed by atoms with Crippen LogP contribution in [0.25, 0.3) is 0 Å². The smallest absolute Gasteiger partial charge is 0.201 e. The van der Waals surface area contributed by atoms with Gasteiger partial charge in [-0.15, -0.1) is 0 Å². The van der Waals surface area contributed by atoms with Gasteiger partial charge in [-0.3, -0.25) is 9.79 Å². The number of carbonyl (C=O) groups is 1. The van der Waals surface area contributed by atoms with Crippen LogP contribution in [0, 0.1) is 11.8 Å². The summed E-state index contributed by atoms with van der Waals surface area (Å²) in [7, 11) is -3.27. The minimum Gasteiger partial charge on any atom is -0.336 e. The topological polar surface area (TPSA) is 88.5 Å². The number of ketones is 1. The molecule has 1 fully saturated rings. The molecule has 0 saturated heterocycles. The standard InChI is InChI=1S/C25H30ClN3O3S/c1-5-14-11-17(33(31,32)8-4)10-9-16(14)13-27-25-23(30)21-18(7-3)20(21)22-19(28-25)12-15(6-2)24(26)29-22/h9-12,18,20-21H,5-8,13H2,1-4H3,(H,27,28). The number of fused-ring (bicyclic) bond motifs is 3. The summed E-state index contributed by atoms with van der Waals surface area (Å²) in [6.07, 6.45) is 2.33. The molecule has 0 radical (unpaired) electrons. The predicted molar refractivity (Wildman–Crippen MR) is 132 cm³/mol. The molecule has 3 unspecified atom stereocenters. The van der Waals surface area contributed by atoms with E-state index in [4.69, 9.17) is 11.6 Å². The van der Waals surface area contributed by atoms with Gasteiger partial charge < -0.3 is 5.32 Å². The number of hydrogen-bond acceptors (Lipinski definition) is 5. The van der Waals surface area contributed by atoms with Crippen molar-refractivity contribution in [1.29, 1.82) is 0 Å². The van der Waals surface area contributed by atoms with Crippen molar-refractivity contribution in [1.82, 2.24) is 4.98 Å². The van der Waals surface area contributed by atoms with Gasteiger partial charge in [0.25, 0.3) is 0 Å². The van der Waals surface area contributed by atoms with E-state index < -0.39 is 9.84 Å². The van der Waals surface area contributed by atoms with Crippen LogP contribution < -0.4 is 5.32 Å². The zero-order valence-corrected chi connectivity index (χ0v) is 21.1. The first-order chi connectivity index (χ1) is 15.7. The van der Waals surface area contributed by atoms with Crippen molar-refractivity contribution in [3.8, 4) is 0 Å². The summed E-state index contributed by atoms with van der Waals surface area (Å²) in [6, 6.07) is 7.17. The number of aromatic nitrogens is 1. The second-order valence-electron chi connectivity index (χ2n) is 8.69. The molecule has 176 valence electrons. The van der Waals surface area contributed by atoms with Crippen LogP contribution in [0.2, 0.25) is 5.15 Å². The second-order valence-corrected chi connectivity index (χ2v) is 11.3. The maximum atomic E-state index is 13.3. The van der Waals surface area contributed by atoms with E-state index in [2.05, 4.69) is 22.2 Å². The number of anilines is 1. The van der Waals surface area contributed by atoms with Crippen molar-refractivity contribution in [3.63, 3.8) is 0 Å². The molecular weight excluding hydrogens is 458 g/mol. The Labute approximate surface area is 200 Å². The van der Waals surface area contributed by atoms with Crippen LogP contribution in [-0.2, 0) is 34.0 Å². The van der Waals surface area contributed by atoms with Gasteiger partial charge in [-0.1, -0.05) is 51.8 Å². The summed E-state index contributed by atoms with van der Waals surface area (Å²) in [6.45, 7) is 8.05. The highest BCUT2D eigenvalue weighted by Crippen LogP contribution is 2.58. The zero-order valence-electron chi connectivity index (χ0n) is 19.5. The number of carbonyl (C=O) groups excluding carboxylic acids is 1. The fourth-order valence-corrected chi connectivity index (χ4v) is 6.04. The quantitative estimate of drug-likeness (QED) is 0.556. The second kappa shape index (κ2) is 9.18. The van der Waals surface area contributed by atoms with Crippen molar-refractivity contribution >= 4 is 38.7 Å². The number of amidine groups is 1. The summed E-state index contributed by atoms with van der Waals surface area (Å²) in [5.74, 6) is 0.631. The Bertz CT molecular complexity index is 1240. The van der Waals surface area contributed by atoms with Gasteiger partial charge in [0.2, 0.25) is 5.78 Å². The molecule has 1 aliphatic heterocycles. The van der Waals surface area contributed by atoms with E-state index in [0.29, 0.717) is 28.8 Å². The predicted octanol–water partition coefficient (Wildman–Crippen LogP) is 4.99. The van der Waals surface area contributed by atoms with E-state index in [9.17, 15) is 13.2 Å². The van der Waals surface area contributed by atoms with Gasteiger partial charge in [-0.25, -0.2) is 13.4 Å². The van der Waals surface area contributed by atoms with Crippen LogP contribution in [0.1, 0.15) is 62.4 Å². The third-order valence-electron chi connectivity index (χ3n) is 6.91. The summed E-state index contributed by atoms with van der Waals surface area (Å²) in [4.78, 5) is 23.0. The molecule has 2 aromatic rings. The monoisotopic (exact) mass is 487 g/mol. The lowest BCUT2D eigenvalue weighted by Gasteiger charge is -2.14. The number of aryl methyl sites for hydroxylation is 2. The van der Waals surface area contributed by atoms with Gasteiger partial charge >= 0.3 is 0 Å². The number of nitrogens with zero attached hydrogens (tertiary/aromatic N) is 2. The molecule has 33 heavy (non-hydrogen) atoms. The molecule has 6 nitrogen and oxygen atoms in total. The van der Waals surface area contributed by atoms with E-state index in [1.54, 1.807) is 19.1 Å². The van der Waals surface area contributed by atoms with Crippen molar-refractivity contribution in [3.05, 3.63) is 51.8 Å². The maximum Gasteiger partial charge on any atom is 0.201 e. The van der Waals surface area contributed by atoms with Crippen molar-refractivity contribution in [2.24, 2.45) is 16.8 Å².